The Labute approximate surface area is 87.9 Å². The van der Waals surface area contributed by atoms with Gasteiger partial charge < -0.3 is 5.21 Å². The van der Waals surface area contributed by atoms with E-state index in [0.29, 0.717) is 13.0 Å². The second-order valence-electron chi connectivity index (χ2n) is 3.65. The summed E-state index contributed by atoms with van der Waals surface area (Å²) in [7, 11) is 0. The Kier molecular flexibility index (Phi) is 4.07. The van der Waals surface area contributed by atoms with Gasteiger partial charge in [-0.25, -0.2) is 9.79 Å². The van der Waals surface area contributed by atoms with E-state index in [2.05, 4.69) is 17.0 Å². The first kappa shape index (κ1) is 12.0. The third-order valence-electron chi connectivity index (χ3n) is 2.56. The van der Waals surface area contributed by atoms with Gasteiger partial charge in [-0.15, -0.1) is 0 Å². The van der Waals surface area contributed by atoms with Crippen molar-refractivity contribution < 1.29 is 14.7 Å². The molecule has 0 aliphatic carbocycles. The topological polar surface area (TPSA) is 86.0 Å². The number of aliphatic imine (C=N–C) groups is 1. The highest BCUT2D eigenvalue weighted by Crippen LogP contribution is 2.07. The summed E-state index contributed by atoms with van der Waals surface area (Å²) >= 11 is 0. The van der Waals surface area contributed by atoms with E-state index in [1.807, 2.05) is 0 Å². The van der Waals surface area contributed by atoms with Gasteiger partial charge in [-0.1, -0.05) is 0 Å². The lowest BCUT2D eigenvalue weighted by Crippen LogP contribution is -3.17. The second-order valence-corrected chi connectivity index (χ2v) is 3.65. The number of quaternary nitrogens is 1. The van der Waals surface area contributed by atoms with Crippen LogP contribution in [0.1, 0.15) is 19.8 Å². The van der Waals surface area contributed by atoms with Crippen LogP contribution in [-0.2, 0) is 9.59 Å². The molecule has 0 radical (unpaired) electrons. The number of hydroxylamine groups is 2. The zero-order valence-electron chi connectivity index (χ0n) is 8.66. The fraction of sp³-hybridized carbons (Fsp3) is 0.667. The van der Waals surface area contributed by atoms with Crippen LogP contribution in [0.2, 0.25) is 0 Å². The van der Waals surface area contributed by atoms with Crippen LogP contribution in [0.4, 0.5) is 0 Å². The Morgan fingerprint density at radius 2 is 2.47 bits per heavy atom. The van der Waals surface area contributed by atoms with Crippen molar-refractivity contribution in [3.63, 3.8) is 0 Å². The highest BCUT2D eigenvalue weighted by atomic mass is 16.5. The predicted octanol–water partition coefficient (Wildman–Crippen LogP) is -1.53. The molecule has 15 heavy (non-hydrogen) atoms. The molecule has 1 aliphatic heterocycles. The Bertz CT molecular complexity index is 280. The summed E-state index contributed by atoms with van der Waals surface area (Å²) in [5, 5.41) is 13.8. The molecule has 1 fully saturated rings. The monoisotopic (exact) mass is 213 g/mol. The van der Waals surface area contributed by atoms with E-state index in [1.54, 1.807) is 6.92 Å². The van der Waals surface area contributed by atoms with Crippen LogP contribution in [-0.4, -0.2) is 31.2 Å². The van der Waals surface area contributed by atoms with Gasteiger partial charge in [0.05, 0.1) is 5.92 Å². The van der Waals surface area contributed by atoms with E-state index in [0.717, 1.165) is 0 Å². The highest BCUT2D eigenvalue weighted by molar-refractivity contribution is 5.81. The first-order chi connectivity index (χ1) is 7.06. The Balaban J connectivity index is 2.46. The van der Waals surface area contributed by atoms with Crippen molar-refractivity contribution in [2.24, 2.45) is 10.9 Å². The van der Waals surface area contributed by atoms with Crippen LogP contribution in [0.5, 0.6) is 0 Å². The van der Waals surface area contributed by atoms with Gasteiger partial charge in [-0.3, -0.25) is 15.2 Å². The quantitative estimate of drug-likeness (QED) is 0.440. The smallest absolute Gasteiger partial charge is 0.317 e. The fourth-order valence-electron chi connectivity index (χ4n) is 1.53. The first-order valence-corrected chi connectivity index (χ1v) is 4.87. The van der Waals surface area contributed by atoms with Crippen molar-refractivity contribution in [3.8, 4) is 0 Å². The second kappa shape index (κ2) is 5.11. The normalized spacial score (nSPS) is 31.3. The molecule has 0 aromatic rings. The Morgan fingerprint density at radius 1 is 1.80 bits per heavy atom. The largest absolute Gasteiger partial charge is 0.626 e. The molecule has 1 rings (SSSR count). The molecule has 2 amide bonds. The fourth-order valence-corrected chi connectivity index (χ4v) is 1.53. The molecule has 6 nitrogen and oxygen atoms in total. The van der Waals surface area contributed by atoms with E-state index in [9.17, 15) is 14.8 Å². The lowest BCUT2D eigenvalue weighted by Gasteiger charge is -2.35. The highest BCUT2D eigenvalue weighted by Gasteiger charge is 2.33. The van der Waals surface area contributed by atoms with E-state index < -0.39 is 11.2 Å². The zero-order valence-corrected chi connectivity index (χ0v) is 8.66. The number of hydrogen-bond acceptors (Lipinski definition) is 4. The molecule has 3 atom stereocenters. The minimum atomic E-state index is -0.401. The molecule has 2 unspecified atom stereocenters. The van der Waals surface area contributed by atoms with Crippen LogP contribution in [0.25, 0.3) is 0 Å². The number of nitrogens with zero attached hydrogens (tertiary/aromatic N) is 1. The van der Waals surface area contributed by atoms with Crippen LogP contribution in [0.3, 0.4) is 0 Å². The summed E-state index contributed by atoms with van der Waals surface area (Å²) in [6, 6.07) is 0. The van der Waals surface area contributed by atoms with Crippen LogP contribution >= 0.6 is 0 Å². The van der Waals surface area contributed by atoms with Crippen molar-refractivity contribution in [2.45, 2.75) is 25.9 Å². The molecular formula is C9H15N3O3. The molecule has 2 N–H and O–H groups in total. The van der Waals surface area contributed by atoms with Gasteiger partial charge in [0, 0.05) is 19.9 Å². The number of hydrogen-bond donors (Lipinski definition) is 2. The van der Waals surface area contributed by atoms with Crippen LogP contribution in [0, 0.1) is 11.1 Å². The molecule has 0 spiro atoms. The van der Waals surface area contributed by atoms with Gasteiger partial charge in [-0.05, 0) is 13.1 Å². The number of nitrogens with one attached hydrogen (secondary N) is 2. The maximum absolute atomic E-state index is 11.5. The Hall–Kier alpha value is -1.11. The standard InChI is InChI=1S/C9H15N3O3/c1-6-11-5-7(9(14)12(6)15)3-4-8(13)10-2/h6-7,11-12H,2-5H2,1H3/t6?,7-/m0/s1. The van der Waals surface area contributed by atoms with Crippen molar-refractivity contribution in [2.75, 3.05) is 6.54 Å². The molecule has 6 heteroatoms. The van der Waals surface area contributed by atoms with Gasteiger partial charge >= 0.3 is 5.91 Å². The number of amides is 2. The first-order valence-electron chi connectivity index (χ1n) is 4.87. The number of carbonyl (C=O) groups is 2. The molecule has 1 aliphatic rings. The van der Waals surface area contributed by atoms with Crippen molar-refractivity contribution >= 4 is 18.5 Å². The summed E-state index contributed by atoms with van der Waals surface area (Å²) < 4.78 is 0. The van der Waals surface area contributed by atoms with Gasteiger partial charge in [0.15, 0.2) is 0 Å². The third-order valence-corrected chi connectivity index (χ3v) is 2.56. The van der Waals surface area contributed by atoms with E-state index >= 15 is 0 Å². The maximum atomic E-state index is 11.5. The van der Waals surface area contributed by atoms with Gasteiger partial charge in [0.2, 0.25) is 5.91 Å². The van der Waals surface area contributed by atoms with E-state index in [1.165, 1.54) is 0 Å². The molecule has 84 valence electrons. The van der Waals surface area contributed by atoms with E-state index in [-0.39, 0.29) is 24.2 Å². The lowest BCUT2D eigenvalue weighted by molar-refractivity contribution is -0.803. The SMILES string of the molecule is C=NC(=O)CC[C@H]1CNC(C)[NH+]([O-])C1=O. The summed E-state index contributed by atoms with van der Waals surface area (Å²) in [4.78, 5) is 25.6. The molecule has 0 bridgehead atoms. The molecular weight excluding hydrogens is 198 g/mol. The van der Waals surface area contributed by atoms with Gasteiger partial charge in [0.25, 0.3) is 0 Å². The number of carbonyl (C=O) groups excluding carboxylic acids is 2. The predicted molar refractivity (Wildman–Crippen MR) is 54.1 cm³/mol. The average Bonchev–Trinajstić information content (AvgIpc) is 2.24. The molecule has 0 aromatic heterocycles. The van der Waals surface area contributed by atoms with Crippen molar-refractivity contribution in [3.05, 3.63) is 5.21 Å². The number of rotatable bonds is 3. The van der Waals surface area contributed by atoms with E-state index in [4.69, 9.17) is 0 Å². The van der Waals surface area contributed by atoms with Crippen LogP contribution in [0.15, 0.2) is 4.99 Å². The third kappa shape index (κ3) is 2.92. The summed E-state index contributed by atoms with van der Waals surface area (Å²) in [6.07, 6.45) is 0.132. The van der Waals surface area contributed by atoms with Gasteiger partial charge in [0.1, 0.15) is 6.17 Å². The molecule has 0 aromatic carbocycles. The summed E-state index contributed by atoms with van der Waals surface area (Å²) in [5.74, 6) is -1.11. The summed E-state index contributed by atoms with van der Waals surface area (Å²) in [6.45, 7) is 5.22. The average molecular weight is 213 g/mol. The maximum Gasteiger partial charge on any atom is 0.317 e. The van der Waals surface area contributed by atoms with Crippen molar-refractivity contribution in [1.82, 2.24) is 5.32 Å². The molecule has 0 saturated carbocycles. The zero-order chi connectivity index (χ0) is 11.4. The van der Waals surface area contributed by atoms with Crippen LogP contribution < -0.4 is 10.4 Å². The minimum absolute atomic E-state index is 0.170. The lowest BCUT2D eigenvalue weighted by atomic mass is 9.99. The molecule has 1 saturated heterocycles. The van der Waals surface area contributed by atoms with Crippen molar-refractivity contribution in [1.29, 1.82) is 0 Å². The minimum Gasteiger partial charge on any atom is -0.626 e. The summed E-state index contributed by atoms with van der Waals surface area (Å²) in [5.41, 5.74) is 0. The Morgan fingerprint density at radius 3 is 3.07 bits per heavy atom. The van der Waals surface area contributed by atoms with Gasteiger partial charge in [-0.2, -0.15) is 0 Å². The molecule has 1 heterocycles.